The summed E-state index contributed by atoms with van der Waals surface area (Å²) in [6, 6.07) is 11.6. The Balaban J connectivity index is 1.25. The van der Waals surface area contributed by atoms with Gasteiger partial charge in [-0.2, -0.15) is 0 Å². The second kappa shape index (κ2) is 8.41. The van der Waals surface area contributed by atoms with Crippen molar-refractivity contribution in [3.63, 3.8) is 0 Å². The van der Waals surface area contributed by atoms with Gasteiger partial charge in [0, 0.05) is 25.1 Å². The Kier molecular flexibility index (Phi) is 5.62. The van der Waals surface area contributed by atoms with E-state index >= 15 is 0 Å². The van der Waals surface area contributed by atoms with Gasteiger partial charge in [0.25, 0.3) is 0 Å². The molecule has 4 heterocycles. The number of carbonyl (C=O) groups is 2. The quantitative estimate of drug-likeness (QED) is 0.703. The third-order valence-corrected chi connectivity index (χ3v) is 7.88. The van der Waals surface area contributed by atoms with E-state index in [4.69, 9.17) is 25.5 Å². The largest absolute Gasteiger partial charge is 0.467 e. The van der Waals surface area contributed by atoms with Crippen LogP contribution in [0.5, 0.6) is 5.75 Å². The van der Waals surface area contributed by atoms with Crippen LogP contribution >= 0.6 is 23.4 Å². The SMILES string of the molecule is O=C1NC2(CCN(C(=O)CCl)CC2)SC1Cc1ccc(C2OCOc3ccccc32)o1. The Labute approximate surface area is 189 Å². The highest BCUT2D eigenvalue weighted by Gasteiger charge is 2.47. The van der Waals surface area contributed by atoms with Gasteiger partial charge >= 0.3 is 0 Å². The molecule has 2 atom stereocenters. The molecule has 31 heavy (non-hydrogen) atoms. The molecule has 9 heteroatoms. The van der Waals surface area contributed by atoms with Crippen LogP contribution in [0.2, 0.25) is 0 Å². The van der Waals surface area contributed by atoms with Crippen LogP contribution in [-0.4, -0.2) is 52.6 Å². The Morgan fingerprint density at radius 1 is 1.23 bits per heavy atom. The average Bonchev–Trinajstić information content (AvgIpc) is 3.38. The molecule has 7 nitrogen and oxygen atoms in total. The number of halogens is 1. The summed E-state index contributed by atoms with van der Waals surface area (Å²) in [4.78, 5) is 25.9. The second-order valence-electron chi connectivity index (χ2n) is 7.96. The van der Waals surface area contributed by atoms with Gasteiger partial charge in [0.1, 0.15) is 29.3 Å². The summed E-state index contributed by atoms with van der Waals surface area (Å²) in [5, 5.41) is 2.95. The zero-order chi connectivity index (χ0) is 21.4. The number of benzene rings is 1. The van der Waals surface area contributed by atoms with Gasteiger partial charge in [0.2, 0.25) is 11.8 Å². The van der Waals surface area contributed by atoms with E-state index in [0.29, 0.717) is 25.3 Å². The fourth-order valence-corrected chi connectivity index (χ4v) is 6.09. The van der Waals surface area contributed by atoms with E-state index in [0.717, 1.165) is 29.9 Å². The molecule has 3 aliphatic heterocycles. The number of hydrogen-bond donors (Lipinski definition) is 1. The highest BCUT2D eigenvalue weighted by Crippen LogP contribution is 2.43. The van der Waals surface area contributed by atoms with E-state index in [-0.39, 0.29) is 40.7 Å². The summed E-state index contributed by atoms with van der Waals surface area (Å²) in [7, 11) is 0. The fourth-order valence-electron chi connectivity index (χ4n) is 4.39. The third-order valence-electron chi connectivity index (χ3n) is 6.03. The minimum Gasteiger partial charge on any atom is -0.467 e. The van der Waals surface area contributed by atoms with Gasteiger partial charge in [-0.3, -0.25) is 9.59 Å². The van der Waals surface area contributed by atoms with Crippen molar-refractivity contribution in [2.45, 2.75) is 35.5 Å². The molecule has 2 aromatic rings. The van der Waals surface area contributed by atoms with Gasteiger partial charge in [0.15, 0.2) is 6.79 Å². The van der Waals surface area contributed by atoms with Crippen molar-refractivity contribution in [1.29, 1.82) is 0 Å². The third kappa shape index (κ3) is 4.04. The molecule has 0 aliphatic carbocycles. The van der Waals surface area contributed by atoms with Gasteiger partial charge in [0.05, 0.1) is 10.1 Å². The number of rotatable bonds is 4. The molecule has 0 saturated carbocycles. The van der Waals surface area contributed by atoms with E-state index in [1.165, 1.54) is 0 Å². The van der Waals surface area contributed by atoms with Crippen LogP contribution in [0.1, 0.15) is 36.0 Å². The zero-order valence-corrected chi connectivity index (χ0v) is 18.4. The molecule has 2 saturated heterocycles. The number of para-hydroxylation sites is 1. The van der Waals surface area contributed by atoms with Crippen LogP contribution in [-0.2, 0) is 20.7 Å². The highest BCUT2D eigenvalue weighted by molar-refractivity contribution is 8.02. The molecule has 1 aromatic carbocycles. The lowest BCUT2D eigenvalue weighted by Crippen LogP contribution is -2.51. The second-order valence-corrected chi connectivity index (χ2v) is 9.81. The van der Waals surface area contributed by atoms with E-state index in [1.54, 1.807) is 16.7 Å². The average molecular weight is 463 g/mol. The summed E-state index contributed by atoms with van der Waals surface area (Å²) in [5.74, 6) is 2.22. The Morgan fingerprint density at radius 3 is 2.84 bits per heavy atom. The number of thioether (sulfide) groups is 1. The van der Waals surface area contributed by atoms with Gasteiger partial charge in [-0.25, -0.2) is 0 Å². The Hall–Kier alpha value is -2.16. The molecule has 5 rings (SSSR count). The monoisotopic (exact) mass is 462 g/mol. The number of nitrogens with one attached hydrogen (secondary N) is 1. The van der Waals surface area contributed by atoms with Crippen molar-refractivity contribution in [2.24, 2.45) is 0 Å². The number of nitrogens with zero attached hydrogens (tertiary/aromatic N) is 1. The standard InChI is InChI=1S/C22H23ClN2O5S/c23-12-19(26)25-9-7-22(8-10-25)24-21(27)18(31-22)11-14-5-6-17(30-14)20-15-3-1-2-4-16(15)28-13-29-20/h1-6,18,20H,7-13H2,(H,24,27). The Morgan fingerprint density at radius 2 is 2.03 bits per heavy atom. The number of alkyl halides is 1. The molecule has 0 radical (unpaired) electrons. The van der Waals surface area contributed by atoms with Crippen LogP contribution in [0.4, 0.5) is 0 Å². The molecule has 2 fully saturated rings. The smallest absolute Gasteiger partial charge is 0.237 e. The van der Waals surface area contributed by atoms with Gasteiger partial charge < -0.3 is 24.1 Å². The summed E-state index contributed by atoms with van der Waals surface area (Å²) in [6.45, 7) is 1.39. The highest BCUT2D eigenvalue weighted by atomic mass is 35.5. The number of piperidine rings is 1. The maximum atomic E-state index is 12.7. The van der Waals surface area contributed by atoms with Crippen molar-refractivity contribution < 1.29 is 23.5 Å². The molecule has 0 bridgehead atoms. The van der Waals surface area contributed by atoms with Crippen molar-refractivity contribution in [2.75, 3.05) is 25.8 Å². The number of carbonyl (C=O) groups excluding carboxylic acids is 2. The first-order valence-corrected chi connectivity index (χ1v) is 11.7. The molecule has 1 N–H and O–H groups in total. The molecule has 1 aromatic heterocycles. The minimum atomic E-state index is -0.320. The van der Waals surface area contributed by atoms with Crippen molar-refractivity contribution >= 4 is 35.2 Å². The molecule has 1 spiro atoms. The summed E-state index contributed by atoms with van der Waals surface area (Å²) >= 11 is 7.32. The summed E-state index contributed by atoms with van der Waals surface area (Å²) in [5.41, 5.74) is 0.930. The molecular formula is C22H23ClN2O5S. The molecule has 3 aliphatic rings. The first-order valence-electron chi connectivity index (χ1n) is 10.3. The molecule has 2 amide bonds. The number of fused-ring (bicyclic) bond motifs is 1. The maximum absolute atomic E-state index is 12.7. The van der Waals surface area contributed by atoms with E-state index in [1.807, 2.05) is 36.4 Å². The summed E-state index contributed by atoms with van der Waals surface area (Å²) in [6.07, 6.45) is 1.63. The predicted molar refractivity (Wildman–Crippen MR) is 116 cm³/mol. The van der Waals surface area contributed by atoms with Gasteiger partial charge in [-0.05, 0) is 31.0 Å². The lowest BCUT2D eigenvalue weighted by Gasteiger charge is -2.38. The molecule has 164 valence electrons. The maximum Gasteiger partial charge on any atom is 0.237 e. The minimum absolute atomic E-state index is 0.00272. The van der Waals surface area contributed by atoms with E-state index in [2.05, 4.69) is 5.32 Å². The lowest BCUT2D eigenvalue weighted by atomic mass is 10.0. The van der Waals surface area contributed by atoms with Crippen LogP contribution in [0.15, 0.2) is 40.8 Å². The lowest BCUT2D eigenvalue weighted by molar-refractivity contribution is -0.129. The Bertz CT molecular complexity index is 988. The first-order chi connectivity index (χ1) is 15.1. The molecular weight excluding hydrogens is 440 g/mol. The zero-order valence-electron chi connectivity index (χ0n) is 16.8. The predicted octanol–water partition coefficient (Wildman–Crippen LogP) is 3.07. The number of likely N-dealkylation sites (tertiary alicyclic amines) is 1. The van der Waals surface area contributed by atoms with Crippen LogP contribution in [0.25, 0.3) is 0 Å². The van der Waals surface area contributed by atoms with E-state index in [9.17, 15) is 9.59 Å². The van der Waals surface area contributed by atoms with Gasteiger partial charge in [-0.15, -0.1) is 23.4 Å². The number of ether oxygens (including phenoxy) is 2. The molecule has 2 unspecified atom stereocenters. The van der Waals surface area contributed by atoms with Gasteiger partial charge in [-0.1, -0.05) is 18.2 Å². The first kappa shape index (κ1) is 20.7. The van der Waals surface area contributed by atoms with Crippen molar-refractivity contribution in [1.82, 2.24) is 10.2 Å². The fraction of sp³-hybridized carbons (Fsp3) is 0.455. The van der Waals surface area contributed by atoms with Crippen molar-refractivity contribution in [3.8, 4) is 5.75 Å². The number of furan rings is 1. The summed E-state index contributed by atoms with van der Waals surface area (Å²) < 4.78 is 17.4. The normalized spacial score (nSPS) is 24.5. The van der Waals surface area contributed by atoms with Crippen LogP contribution in [0.3, 0.4) is 0 Å². The topological polar surface area (TPSA) is 81.0 Å². The van der Waals surface area contributed by atoms with E-state index < -0.39 is 0 Å². The number of amides is 2. The van der Waals surface area contributed by atoms with Crippen LogP contribution in [0, 0.1) is 0 Å². The van der Waals surface area contributed by atoms with Crippen molar-refractivity contribution in [3.05, 3.63) is 53.5 Å². The van der Waals surface area contributed by atoms with Crippen LogP contribution < -0.4 is 10.1 Å². The number of hydrogen-bond acceptors (Lipinski definition) is 6.